The number of para-hydroxylation sites is 1. The van der Waals surface area contributed by atoms with Gasteiger partial charge in [0.2, 0.25) is 0 Å². The van der Waals surface area contributed by atoms with Crippen molar-refractivity contribution in [1.29, 1.82) is 0 Å². The van der Waals surface area contributed by atoms with Crippen molar-refractivity contribution < 1.29 is 9.53 Å². The Labute approximate surface area is 176 Å². The third kappa shape index (κ3) is 5.39. The van der Waals surface area contributed by atoms with Crippen LogP contribution in [0, 0.1) is 0 Å². The van der Waals surface area contributed by atoms with Crippen LogP contribution in [0.25, 0.3) is 5.69 Å². The second-order valence-corrected chi connectivity index (χ2v) is 7.27. The molecule has 30 heavy (non-hydrogen) atoms. The van der Waals surface area contributed by atoms with Gasteiger partial charge in [-0.25, -0.2) is 9.48 Å². The average Bonchev–Trinajstić information content (AvgIpc) is 3.34. The maximum atomic E-state index is 12.5. The number of carbonyl (C=O) groups excluding carboxylic acids is 1. The summed E-state index contributed by atoms with van der Waals surface area (Å²) in [4.78, 5) is 16.8. The molecule has 2 heterocycles. The molecule has 0 unspecified atom stereocenters. The fraction of sp³-hybridized carbons (Fsp3) is 0.304. The standard InChI is InChI=1S/C23H27N5O2/c29-23(24-19-20-6-4-7-21(18-20)28-11-5-10-25-28)27-14-12-26(13-15-27)16-17-30-22-8-2-1-3-9-22/h1-11,18H,12-17,19H2,(H,24,29). The van der Waals surface area contributed by atoms with E-state index in [4.69, 9.17) is 4.74 Å². The number of hydrogen-bond acceptors (Lipinski definition) is 4. The first kappa shape index (κ1) is 20.0. The van der Waals surface area contributed by atoms with Gasteiger partial charge in [-0.15, -0.1) is 0 Å². The van der Waals surface area contributed by atoms with Crippen molar-refractivity contribution in [1.82, 2.24) is 24.9 Å². The van der Waals surface area contributed by atoms with Crippen LogP contribution in [0.4, 0.5) is 4.79 Å². The van der Waals surface area contributed by atoms with E-state index < -0.39 is 0 Å². The van der Waals surface area contributed by atoms with Gasteiger partial charge in [0.1, 0.15) is 12.4 Å². The molecule has 0 spiro atoms. The van der Waals surface area contributed by atoms with Gasteiger partial charge in [0.25, 0.3) is 0 Å². The van der Waals surface area contributed by atoms with Crippen molar-refractivity contribution in [2.45, 2.75) is 6.54 Å². The molecule has 1 fully saturated rings. The number of rotatable bonds is 7. The summed E-state index contributed by atoms with van der Waals surface area (Å²) in [5.74, 6) is 0.895. The summed E-state index contributed by atoms with van der Waals surface area (Å²) in [5.41, 5.74) is 2.03. The summed E-state index contributed by atoms with van der Waals surface area (Å²) in [6, 6.07) is 19.8. The summed E-state index contributed by atoms with van der Waals surface area (Å²) in [6.45, 7) is 5.20. The van der Waals surface area contributed by atoms with Crippen molar-refractivity contribution in [3.8, 4) is 11.4 Å². The van der Waals surface area contributed by atoms with Crippen LogP contribution in [0.15, 0.2) is 73.1 Å². The molecule has 7 nitrogen and oxygen atoms in total. The Morgan fingerprint density at radius 3 is 2.60 bits per heavy atom. The lowest BCUT2D eigenvalue weighted by atomic mass is 10.2. The first-order valence-corrected chi connectivity index (χ1v) is 10.3. The molecule has 1 saturated heterocycles. The van der Waals surface area contributed by atoms with E-state index in [9.17, 15) is 4.79 Å². The highest BCUT2D eigenvalue weighted by molar-refractivity contribution is 5.74. The molecule has 0 bridgehead atoms. The molecule has 0 radical (unpaired) electrons. The molecule has 156 valence electrons. The maximum Gasteiger partial charge on any atom is 0.317 e. The normalized spacial score (nSPS) is 14.5. The summed E-state index contributed by atoms with van der Waals surface area (Å²) < 4.78 is 7.58. The lowest BCUT2D eigenvalue weighted by Crippen LogP contribution is -2.52. The SMILES string of the molecule is O=C(NCc1cccc(-n2cccn2)c1)N1CCN(CCOc2ccccc2)CC1. The molecule has 2 aromatic carbocycles. The quantitative estimate of drug-likeness (QED) is 0.657. The molecule has 1 aliphatic heterocycles. The molecule has 0 aliphatic carbocycles. The predicted octanol–water partition coefficient (Wildman–Crippen LogP) is 2.78. The Balaban J connectivity index is 1.18. The fourth-order valence-electron chi connectivity index (χ4n) is 3.50. The van der Waals surface area contributed by atoms with E-state index in [2.05, 4.69) is 15.3 Å². The van der Waals surface area contributed by atoms with Crippen molar-refractivity contribution >= 4 is 6.03 Å². The van der Waals surface area contributed by atoms with Gasteiger partial charge in [0.05, 0.1) is 5.69 Å². The highest BCUT2D eigenvalue weighted by Crippen LogP contribution is 2.11. The van der Waals surface area contributed by atoms with E-state index in [1.807, 2.05) is 76.4 Å². The van der Waals surface area contributed by atoms with Crippen LogP contribution >= 0.6 is 0 Å². The first-order chi connectivity index (χ1) is 14.8. The lowest BCUT2D eigenvalue weighted by Gasteiger charge is -2.34. The fourth-order valence-corrected chi connectivity index (χ4v) is 3.50. The molecular formula is C23H27N5O2. The summed E-state index contributed by atoms with van der Waals surface area (Å²) >= 11 is 0. The van der Waals surface area contributed by atoms with Crippen molar-refractivity contribution in [3.63, 3.8) is 0 Å². The zero-order valence-corrected chi connectivity index (χ0v) is 17.0. The minimum absolute atomic E-state index is 0.0142. The van der Waals surface area contributed by atoms with E-state index >= 15 is 0 Å². The van der Waals surface area contributed by atoms with Gasteiger partial charge in [0.15, 0.2) is 0 Å². The van der Waals surface area contributed by atoms with Gasteiger partial charge in [0, 0.05) is 51.7 Å². The van der Waals surface area contributed by atoms with E-state index in [-0.39, 0.29) is 6.03 Å². The van der Waals surface area contributed by atoms with Crippen LogP contribution in [-0.4, -0.2) is 64.9 Å². The Morgan fingerprint density at radius 1 is 1.00 bits per heavy atom. The summed E-state index contributed by atoms with van der Waals surface area (Å²) in [6.07, 6.45) is 3.66. The number of piperazine rings is 1. The Kier molecular flexibility index (Phi) is 6.61. The molecule has 4 rings (SSSR count). The zero-order chi connectivity index (χ0) is 20.6. The van der Waals surface area contributed by atoms with E-state index in [1.54, 1.807) is 6.20 Å². The number of amides is 2. The second-order valence-electron chi connectivity index (χ2n) is 7.27. The first-order valence-electron chi connectivity index (χ1n) is 10.3. The number of aromatic nitrogens is 2. The summed E-state index contributed by atoms with van der Waals surface area (Å²) in [5, 5.41) is 7.28. The van der Waals surface area contributed by atoms with Crippen molar-refractivity contribution in [2.75, 3.05) is 39.3 Å². The smallest absolute Gasteiger partial charge is 0.317 e. The van der Waals surface area contributed by atoms with Crippen LogP contribution in [-0.2, 0) is 6.54 Å². The Bertz CT molecular complexity index is 922. The molecule has 1 aromatic heterocycles. The van der Waals surface area contributed by atoms with E-state index in [0.717, 1.165) is 49.7 Å². The number of benzene rings is 2. The number of carbonyl (C=O) groups is 1. The third-order valence-corrected chi connectivity index (χ3v) is 5.20. The van der Waals surface area contributed by atoms with Gasteiger partial charge in [-0.1, -0.05) is 30.3 Å². The van der Waals surface area contributed by atoms with Crippen molar-refractivity contribution in [3.05, 3.63) is 78.6 Å². The topological polar surface area (TPSA) is 62.6 Å². The van der Waals surface area contributed by atoms with E-state index in [0.29, 0.717) is 13.2 Å². The summed E-state index contributed by atoms with van der Waals surface area (Å²) in [7, 11) is 0. The van der Waals surface area contributed by atoms with Crippen molar-refractivity contribution in [2.24, 2.45) is 0 Å². The maximum absolute atomic E-state index is 12.5. The molecule has 3 aromatic rings. The molecule has 0 atom stereocenters. The number of ether oxygens (including phenoxy) is 1. The molecule has 1 aliphatic rings. The number of hydrogen-bond donors (Lipinski definition) is 1. The van der Waals surface area contributed by atoms with Crippen LogP contribution in [0.3, 0.4) is 0 Å². The predicted molar refractivity (Wildman–Crippen MR) is 116 cm³/mol. The number of urea groups is 1. The van der Waals surface area contributed by atoms with Crippen LogP contribution in [0.5, 0.6) is 5.75 Å². The highest BCUT2D eigenvalue weighted by atomic mass is 16.5. The molecule has 7 heteroatoms. The van der Waals surface area contributed by atoms with Gasteiger partial charge in [-0.2, -0.15) is 5.10 Å². The lowest BCUT2D eigenvalue weighted by molar-refractivity contribution is 0.126. The van der Waals surface area contributed by atoms with Gasteiger partial charge in [-0.3, -0.25) is 4.90 Å². The Morgan fingerprint density at radius 2 is 1.83 bits per heavy atom. The molecule has 1 N–H and O–H groups in total. The van der Waals surface area contributed by atoms with Gasteiger partial charge in [-0.05, 0) is 35.9 Å². The number of nitrogens with zero attached hydrogens (tertiary/aromatic N) is 4. The molecule has 2 amide bonds. The second kappa shape index (κ2) is 9.93. The van der Waals surface area contributed by atoms with Crippen LogP contribution < -0.4 is 10.1 Å². The largest absolute Gasteiger partial charge is 0.492 e. The molecule has 0 saturated carbocycles. The monoisotopic (exact) mass is 405 g/mol. The average molecular weight is 406 g/mol. The minimum Gasteiger partial charge on any atom is -0.492 e. The van der Waals surface area contributed by atoms with Crippen LogP contribution in [0.2, 0.25) is 0 Å². The zero-order valence-electron chi connectivity index (χ0n) is 17.0. The van der Waals surface area contributed by atoms with E-state index in [1.165, 1.54) is 0 Å². The van der Waals surface area contributed by atoms with Gasteiger partial charge < -0.3 is 15.0 Å². The number of nitrogens with one attached hydrogen (secondary N) is 1. The van der Waals surface area contributed by atoms with Crippen LogP contribution in [0.1, 0.15) is 5.56 Å². The minimum atomic E-state index is -0.0142. The highest BCUT2D eigenvalue weighted by Gasteiger charge is 2.20. The Hall–Kier alpha value is -3.32. The van der Waals surface area contributed by atoms with Gasteiger partial charge >= 0.3 is 6.03 Å². The molecular weight excluding hydrogens is 378 g/mol. The third-order valence-electron chi connectivity index (χ3n) is 5.20.